The molecule has 1 aromatic carbocycles. The van der Waals surface area contributed by atoms with E-state index in [1.54, 1.807) is 0 Å². The number of hydrogen-bond acceptors (Lipinski definition) is 1. The maximum Gasteiger partial charge on any atom is 0.228 e. The van der Waals surface area contributed by atoms with E-state index in [0.29, 0.717) is 16.9 Å². The van der Waals surface area contributed by atoms with Crippen LogP contribution in [0.2, 0.25) is 5.02 Å². The number of amides is 1. The molecule has 1 N–H and O–H groups in total. The van der Waals surface area contributed by atoms with Crippen molar-refractivity contribution in [2.45, 2.75) is 32.1 Å². The molecule has 2 nitrogen and oxygen atoms in total. The van der Waals surface area contributed by atoms with Gasteiger partial charge < -0.3 is 5.32 Å². The Bertz CT molecular complexity index is 560. The molecule has 0 saturated heterocycles. The molecule has 4 fully saturated rings. The smallest absolute Gasteiger partial charge is 0.228 e. The van der Waals surface area contributed by atoms with E-state index in [0.717, 1.165) is 21.1 Å². The second-order valence-electron chi connectivity index (χ2n) is 7.07. The summed E-state index contributed by atoms with van der Waals surface area (Å²) in [4.78, 5) is 12.8. The van der Waals surface area contributed by atoms with E-state index in [1.165, 1.54) is 32.1 Å². The molecule has 4 heteroatoms. The van der Waals surface area contributed by atoms with Crippen LogP contribution in [0.1, 0.15) is 32.1 Å². The van der Waals surface area contributed by atoms with Crippen LogP contribution in [0.5, 0.6) is 0 Å². The molecule has 0 heterocycles. The van der Waals surface area contributed by atoms with Crippen molar-refractivity contribution in [1.82, 2.24) is 0 Å². The van der Waals surface area contributed by atoms with Gasteiger partial charge in [-0.15, -0.1) is 0 Å². The van der Waals surface area contributed by atoms with Gasteiger partial charge in [0.05, 0.1) is 5.69 Å². The van der Waals surface area contributed by atoms with E-state index in [-0.39, 0.29) is 11.8 Å². The highest BCUT2D eigenvalue weighted by Gasteiger charge is 2.50. The summed E-state index contributed by atoms with van der Waals surface area (Å²) in [6.07, 6.45) is 6.55. The zero-order valence-electron chi connectivity index (χ0n) is 11.8. The summed E-state index contributed by atoms with van der Waals surface area (Å²) in [6.45, 7) is 0. The lowest BCUT2D eigenvalue weighted by Gasteiger charge is -2.53. The summed E-state index contributed by atoms with van der Waals surface area (Å²) in [5.74, 6) is 3.56. The van der Waals surface area contributed by atoms with Gasteiger partial charge in [-0.2, -0.15) is 0 Å². The Morgan fingerprint density at radius 2 is 1.71 bits per heavy atom. The highest BCUT2D eigenvalue weighted by molar-refractivity contribution is 14.1. The Kier molecular flexibility index (Phi) is 3.69. The third-order valence-corrected chi connectivity index (χ3v) is 6.85. The monoisotopic (exact) mass is 415 g/mol. The molecule has 21 heavy (non-hydrogen) atoms. The van der Waals surface area contributed by atoms with E-state index >= 15 is 0 Å². The molecular weight excluding hydrogens is 397 g/mol. The van der Waals surface area contributed by atoms with E-state index < -0.39 is 0 Å². The number of hydrogen-bond donors (Lipinski definition) is 1. The van der Waals surface area contributed by atoms with Crippen LogP contribution >= 0.6 is 34.2 Å². The summed E-state index contributed by atoms with van der Waals surface area (Å²) in [6, 6.07) is 5.66. The van der Waals surface area contributed by atoms with Gasteiger partial charge in [-0.25, -0.2) is 0 Å². The molecule has 1 amide bonds. The number of halogens is 2. The van der Waals surface area contributed by atoms with Crippen molar-refractivity contribution in [3.63, 3.8) is 0 Å². The number of anilines is 1. The summed E-state index contributed by atoms with van der Waals surface area (Å²) in [7, 11) is 0. The molecule has 0 radical (unpaired) electrons. The lowest BCUT2D eigenvalue weighted by atomic mass is 9.51. The van der Waals surface area contributed by atoms with E-state index in [2.05, 4.69) is 27.9 Å². The van der Waals surface area contributed by atoms with Gasteiger partial charge in [0.1, 0.15) is 0 Å². The SMILES string of the molecule is O=C(Nc1ccc(Cl)cc1I)C1C2CC3CC(C2)CC1C3. The average molecular weight is 416 g/mol. The minimum atomic E-state index is 0.240. The molecule has 5 rings (SSSR count). The van der Waals surface area contributed by atoms with Crippen LogP contribution in [0.25, 0.3) is 0 Å². The Morgan fingerprint density at radius 1 is 1.10 bits per heavy atom. The minimum absolute atomic E-state index is 0.240. The fraction of sp³-hybridized carbons (Fsp3) is 0.588. The third-order valence-electron chi connectivity index (χ3n) is 5.72. The zero-order chi connectivity index (χ0) is 14.6. The first kappa shape index (κ1) is 14.3. The van der Waals surface area contributed by atoms with Crippen LogP contribution in [0.4, 0.5) is 5.69 Å². The number of benzene rings is 1. The van der Waals surface area contributed by atoms with Gasteiger partial charge in [-0.3, -0.25) is 4.79 Å². The Hall–Kier alpha value is -0.290. The van der Waals surface area contributed by atoms with Crippen molar-refractivity contribution in [2.24, 2.45) is 29.6 Å². The summed E-state index contributed by atoms with van der Waals surface area (Å²) < 4.78 is 1.01. The Morgan fingerprint density at radius 3 is 2.29 bits per heavy atom. The second kappa shape index (κ2) is 5.41. The molecule has 0 spiro atoms. The molecule has 1 aromatic rings. The number of nitrogens with one attached hydrogen (secondary N) is 1. The van der Waals surface area contributed by atoms with E-state index in [9.17, 15) is 4.79 Å². The van der Waals surface area contributed by atoms with Crippen LogP contribution in [-0.4, -0.2) is 5.91 Å². The first-order chi connectivity index (χ1) is 10.1. The normalized spacial score (nSPS) is 36.8. The maximum atomic E-state index is 12.8. The van der Waals surface area contributed by atoms with Gasteiger partial charge in [-0.05, 0) is 96.6 Å². The molecule has 4 aliphatic rings. The highest BCUT2D eigenvalue weighted by atomic mass is 127. The largest absolute Gasteiger partial charge is 0.325 e. The second-order valence-corrected chi connectivity index (χ2v) is 8.67. The molecular formula is C17H19ClINO. The van der Waals surface area contributed by atoms with Crippen molar-refractivity contribution < 1.29 is 4.79 Å². The van der Waals surface area contributed by atoms with Gasteiger partial charge >= 0.3 is 0 Å². The van der Waals surface area contributed by atoms with E-state index in [4.69, 9.17) is 11.6 Å². The lowest BCUT2D eigenvalue weighted by molar-refractivity contribution is -0.132. The number of carbonyl (C=O) groups excluding carboxylic acids is 1. The molecule has 0 aromatic heterocycles. The van der Waals surface area contributed by atoms with Gasteiger partial charge in [0.2, 0.25) is 5.91 Å². The number of carbonyl (C=O) groups is 1. The fourth-order valence-corrected chi connectivity index (χ4v) is 6.17. The summed E-state index contributed by atoms with van der Waals surface area (Å²) in [5, 5.41) is 3.88. The maximum absolute atomic E-state index is 12.8. The molecule has 0 atom stereocenters. The van der Waals surface area contributed by atoms with Crippen molar-refractivity contribution in [3.8, 4) is 0 Å². The molecule has 112 valence electrons. The van der Waals surface area contributed by atoms with Crippen molar-refractivity contribution in [3.05, 3.63) is 26.8 Å². The van der Waals surface area contributed by atoms with Crippen LogP contribution in [-0.2, 0) is 4.79 Å². The lowest BCUT2D eigenvalue weighted by Crippen LogP contribution is -2.49. The summed E-state index contributed by atoms with van der Waals surface area (Å²) in [5.41, 5.74) is 0.902. The number of rotatable bonds is 2. The predicted molar refractivity (Wildman–Crippen MR) is 93.3 cm³/mol. The zero-order valence-corrected chi connectivity index (χ0v) is 14.7. The third kappa shape index (κ3) is 2.61. The van der Waals surface area contributed by atoms with Crippen molar-refractivity contribution in [1.29, 1.82) is 0 Å². The van der Waals surface area contributed by atoms with Crippen LogP contribution in [0.15, 0.2) is 18.2 Å². The standard InChI is InChI=1S/C17H19ClINO/c18-13-1-2-15(14(19)8-13)20-17(21)16-11-4-9-3-10(6-11)7-12(16)5-9/h1-2,8-12,16H,3-7H2,(H,20,21). The molecule has 4 aliphatic carbocycles. The van der Waals surface area contributed by atoms with Crippen molar-refractivity contribution >= 4 is 45.8 Å². The average Bonchev–Trinajstić information content (AvgIpc) is 2.40. The molecule has 0 unspecified atom stereocenters. The first-order valence-electron chi connectivity index (χ1n) is 7.86. The van der Waals surface area contributed by atoms with Crippen LogP contribution in [0, 0.1) is 33.2 Å². The topological polar surface area (TPSA) is 29.1 Å². The predicted octanol–water partition coefficient (Wildman–Crippen LogP) is 4.96. The Balaban J connectivity index is 1.52. The van der Waals surface area contributed by atoms with Crippen molar-refractivity contribution in [2.75, 3.05) is 5.32 Å². The highest BCUT2D eigenvalue weighted by Crippen LogP contribution is 2.56. The molecule has 4 saturated carbocycles. The van der Waals surface area contributed by atoms with Gasteiger partial charge in [0, 0.05) is 14.5 Å². The molecule has 4 bridgehead atoms. The quantitative estimate of drug-likeness (QED) is 0.680. The fourth-order valence-electron chi connectivity index (χ4n) is 5.16. The first-order valence-corrected chi connectivity index (χ1v) is 9.31. The summed E-state index contributed by atoms with van der Waals surface area (Å²) >= 11 is 8.22. The van der Waals surface area contributed by atoms with E-state index in [1.807, 2.05) is 18.2 Å². The molecule has 0 aliphatic heterocycles. The van der Waals surface area contributed by atoms with Crippen LogP contribution in [0.3, 0.4) is 0 Å². The van der Waals surface area contributed by atoms with Crippen LogP contribution < -0.4 is 5.32 Å². The van der Waals surface area contributed by atoms with Gasteiger partial charge in [0.25, 0.3) is 0 Å². The Labute approximate surface area is 144 Å². The van der Waals surface area contributed by atoms with Gasteiger partial charge in [0.15, 0.2) is 0 Å². The minimum Gasteiger partial charge on any atom is -0.325 e. The van der Waals surface area contributed by atoms with Gasteiger partial charge in [-0.1, -0.05) is 11.6 Å².